The summed E-state index contributed by atoms with van der Waals surface area (Å²) >= 11 is 0. The van der Waals surface area contributed by atoms with Crippen LogP contribution in [0.3, 0.4) is 0 Å². The molecule has 0 saturated heterocycles. The lowest BCUT2D eigenvalue weighted by molar-refractivity contribution is -0.142. The molecule has 0 radical (unpaired) electrons. The van der Waals surface area contributed by atoms with Gasteiger partial charge in [0.2, 0.25) is 0 Å². The smallest absolute Gasteiger partial charge is 0.307 e. The number of hydrogen-bond acceptors (Lipinski definition) is 5. The van der Waals surface area contributed by atoms with E-state index in [9.17, 15) is 4.79 Å². The van der Waals surface area contributed by atoms with Crippen molar-refractivity contribution >= 4 is 5.97 Å². The molecule has 0 spiro atoms. The van der Waals surface area contributed by atoms with Gasteiger partial charge in [0.05, 0.1) is 25.7 Å². The van der Waals surface area contributed by atoms with Gasteiger partial charge in [0.25, 0.3) is 0 Å². The molecule has 4 N–H and O–H groups in total. The van der Waals surface area contributed by atoms with Gasteiger partial charge in [0.1, 0.15) is 0 Å². The summed E-state index contributed by atoms with van der Waals surface area (Å²) < 4.78 is 9.29. The molecule has 1 atom stereocenters. The van der Waals surface area contributed by atoms with Crippen molar-refractivity contribution in [3.8, 4) is 0 Å². The van der Waals surface area contributed by atoms with Crippen LogP contribution in [0.5, 0.6) is 0 Å². The Bertz CT molecular complexity index is 152. The molecule has 0 bridgehead atoms. The number of ether oxygens (including phenoxy) is 2. The average Bonchev–Trinajstić information content (AvgIpc) is 2.05. The monoisotopic (exact) mass is 176 g/mol. The second-order valence-corrected chi connectivity index (χ2v) is 2.75. The van der Waals surface area contributed by atoms with Crippen LogP contribution in [0.1, 0.15) is 6.42 Å². The van der Waals surface area contributed by atoms with E-state index in [-0.39, 0.29) is 25.5 Å². The molecule has 0 saturated carbocycles. The summed E-state index contributed by atoms with van der Waals surface area (Å²) in [5.41, 5.74) is 10.3. The topological polar surface area (TPSA) is 87.6 Å². The second-order valence-electron chi connectivity index (χ2n) is 2.75. The summed E-state index contributed by atoms with van der Waals surface area (Å²) in [6.45, 7) is 0.439. The minimum absolute atomic E-state index is 0.0772. The summed E-state index contributed by atoms with van der Waals surface area (Å²) in [7, 11) is 2.82. The lowest BCUT2D eigenvalue weighted by atomic mass is 9.98. The molecule has 0 rings (SSSR count). The third-order valence-electron chi connectivity index (χ3n) is 1.56. The van der Waals surface area contributed by atoms with Crippen LogP contribution in [0.2, 0.25) is 0 Å². The molecule has 12 heavy (non-hydrogen) atoms. The molecule has 72 valence electrons. The Labute approximate surface area is 72.0 Å². The molecule has 5 heteroatoms. The zero-order chi connectivity index (χ0) is 9.61. The Hall–Kier alpha value is -0.650. The van der Waals surface area contributed by atoms with E-state index >= 15 is 0 Å². The van der Waals surface area contributed by atoms with E-state index in [4.69, 9.17) is 16.2 Å². The van der Waals surface area contributed by atoms with Crippen LogP contribution in [-0.2, 0) is 14.3 Å². The zero-order valence-electron chi connectivity index (χ0n) is 7.50. The highest BCUT2D eigenvalue weighted by Gasteiger charge is 2.27. The standard InChI is InChI=1S/C7H16N2O3/c1-11-5-7(9,4-8)3-6(10)12-2/h3-5,8-9H2,1-2H3. The van der Waals surface area contributed by atoms with Gasteiger partial charge in [-0.2, -0.15) is 0 Å². The van der Waals surface area contributed by atoms with E-state index in [1.54, 1.807) is 0 Å². The van der Waals surface area contributed by atoms with Crippen LogP contribution >= 0.6 is 0 Å². The average molecular weight is 176 g/mol. The molecule has 0 heterocycles. The lowest BCUT2D eigenvalue weighted by Crippen LogP contribution is -2.52. The number of esters is 1. The summed E-state index contributed by atoms with van der Waals surface area (Å²) in [6.07, 6.45) is 0.0772. The highest BCUT2D eigenvalue weighted by atomic mass is 16.5. The van der Waals surface area contributed by atoms with Crippen LogP contribution in [0, 0.1) is 0 Å². The van der Waals surface area contributed by atoms with Crippen molar-refractivity contribution in [1.82, 2.24) is 0 Å². The lowest BCUT2D eigenvalue weighted by Gasteiger charge is -2.25. The first-order valence-corrected chi connectivity index (χ1v) is 3.62. The van der Waals surface area contributed by atoms with Gasteiger partial charge in [0.15, 0.2) is 0 Å². The van der Waals surface area contributed by atoms with Gasteiger partial charge in [0, 0.05) is 13.7 Å². The number of carbonyl (C=O) groups is 1. The highest BCUT2D eigenvalue weighted by molar-refractivity contribution is 5.70. The van der Waals surface area contributed by atoms with E-state index < -0.39 is 5.54 Å². The highest BCUT2D eigenvalue weighted by Crippen LogP contribution is 2.06. The largest absolute Gasteiger partial charge is 0.469 e. The number of methoxy groups -OCH3 is 2. The molecule has 5 nitrogen and oxygen atoms in total. The summed E-state index contributed by atoms with van der Waals surface area (Å²) in [5, 5.41) is 0. The molecule has 1 unspecified atom stereocenters. The van der Waals surface area contributed by atoms with E-state index in [2.05, 4.69) is 4.74 Å². The third-order valence-corrected chi connectivity index (χ3v) is 1.56. The number of hydrogen-bond donors (Lipinski definition) is 2. The van der Waals surface area contributed by atoms with Crippen LogP contribution in [-0.4, -0.2) is 38.9 Å². The molecule has 0 fully saturated rings. The van der Waals surface area contributed by atoms with Gasteiger partial charge in [-0.05, 0) is 0 Å². The molecule has 0 amide bonds. The molecule has 0 aromatic rings. The maximum Gasteiger partial charge on any atom is 0.307 e. The first-order chi connectivity index (χ1) is 5.58. The molecule has 0 aliphatic carbocycles. The van der Waals surface area contributed by atoms with E-state index in [0.717, 1.165) is 0 Å². The fourth-order valence-electron chi connectivity index (χ4n) is 0.829. The molecule has 0 aliphatic rings. The molecule has 0 aromatic carbocycles. The quantitative estimate of drug-likeness (QED) is 0.516. The summed E-state index contributed by atoms with van der Waals surface area (Å²) in [6, 6.07) is 0. The predicted octanol–water partition coefficient (Wildman–Crippen LogP) is -1.15. The normalized spacial score (nSPS) is 15.3. The van der Waals surface area contributed by atoms with Crippen LogP contribution in [0.25, 0.3) is 0 Å². The fourth-order valence-corrected chi connectivity index (χ4v) is 0.829. The van der Waals surface area contributed by atoms with E-state index in [0.29, 0.717) is 0 Å². The minimum Gasteiger partial charge on any atom is -0.469 e. The van der Waals surface area contributed by atoms with Crippen molar-refractivity contribution in [2.24, 2.45) is 11.5 Å². The Kier molecular flexibility index (Phi) is 4.80. The minimum atomic E-state index is -0.804. The number of carbonyl (C=O) groups excluding carboxylic acids is 1. The molecule has 0 aliphatic heterocycles. The molecular weight excluding hydrogens is 160 g/mol. The first kappa shape index (κ1) is 11.4. The Morgan fingerprint density at radius 3 is 2.42 bits per heavy atom. The number of nitrogens with two attached hydrogens (primary N) is 2. The zero-order valence-corrected chi connectivity index (χ0v) is 7.50. The SMILES string of the molecule is COCC(N)(CN)CC(=O)OC. The van der Waals surface area contributed by atoms with Crippen LogP contribution in [0.4, 0.5) is 0 Å². The maximum atomic E-state index is 10.8. The van der Waals surface area contributed by atoms with Crippen molar-refractivity contribution in [3.05, 3.63) is 0 Å². The van der Waals surface area contributed by atoms with Crippen molar-refractivity contribution < 1.29 is 14.3 Å². The Balaban J connectivity index is 4.03. The van der Waals surface area contributed by atoms with Crippen LogP contribution < -0.4 is 11.5 Å². The number of rotatable bonds is 5. The van der Waals surface area contributed by atoms with Gasteiger partial charge < -0.3 is 20.9 Å². The van der Waals surface area contributed by atoms with E-state index in [1.165, 1.54) is 14.2 Å². The maximum absolute atomic E-state index is 10.8. The predicted molar refractivity (Wildman–Crippen MR) is 44.5 cm³/mol. The van der Waals surface area contributed by atoms with Crippen molar-refractivity contribution in [1.29, 1.82) is 0 Å². The summed E-state index contributed by atoms with van der Waals surface area (Å²) in [5.74, 6) is -0.375. The van der Waals surface area contributed by atoms with Crippen molar-refractivity contribution in [2.75, 3.05) is 27.4 Å². The van der Waals surface area contributed by atoms with Crippen LogP contribution in [0.15, 0.2) is 0 Å². The van der Waals surface area contributed by atoms with Crippen molar-refractivity contribution in [2.45, 2.75) is 12.0 Å². The van der Waals surface area contributed by atoms with Gasteiger partial charge in [-0.3, -0.25) is 4.79 Å². The Morgan fingerprint density at radius 1 is 1.50 bits per heavy atom. The second kappa shape index (κ2) is 5.08. The van der Waals surface area contributed by atoms with Gasteiger partial charge in [-0.15, -0.1) is 0 Å². The van der Waals surface area contributed by atoms with Crippen molar-refractivity contribution in [3.63, 3.8) is 0 Å². The van der Waals surface area contributed by atoms with Gasteiger partial charge in [-0.1, -0.05) is 0 Å². The molecular formula is C7H16N2O3. The molecule has 0 aromatic heterocycles. The fraction of sp³-hybridized carbons (Fsp3) is 0.857. The van der Waals surface area contributed by atoms with Gasteiger partial charge in [-0.25, -0.2) is 0 Å². The third kappa shape index (κ3) is 3.66. The van der Waals surface area contributed by atoms with E-state index in [1.807, 2.05) is 0 Å². The Morgan fingerprint density at radius 2 is 2.08 bits per heavy atom. The first-order valence-electron chi connectivity index (χ1n) is 3.62. The van der Waals surface area contributed by atoms with Gasteiger partial charge >= 0.3 is 5.97 Å². The summed E-state index contributed by atoms with van der Waals surface area (Å²) in [4.78, 5) is 10.8.